The van der Waals surface area contributed by atoms with Crippen LogP contribution in [0.15, 0.2) is 41.3 Å². The van der Waals surface area contributed by atoms with Crippen molar-refractivity contribution in [3.8, 4) is 11.5 Å². The maximum absolute atomic E-state index is 12.1. The Kier molecular flexibility index (Phi) is 5.05. The van der Waals surface area contributed by atoms with Gasteiger partial charge in [0.05, 0.1) is 9.82 Å². The van der Waals surface area contributed by atoms with Crippen LogP contribution in [-0.2, 0) is 16.4 Å². The van der Waals surface area contributed by atoms with E-state index in [0.29, 0.717) is 12.0 Å². The third kappa shape index (κ3) is 4.00. The van der Waals surface area contributed by atoms with Crippen molar-refractivity contribution in [3.63, 3.8) is 0 Å². The Balaban J connectivity index is 2.05. The topological polar surface area (TPSA) is 130 Å². The molecule has 2 aromatic carbocycles. The van der Waals surface area contributed by atoms with E-state index in [2.05, 4.69) is 4.72 Å². The first-order chi connectivity index (χ1) is 11.2. The molecule has 0 saturated heterocycles. The highest BCUT2D eigenvalue weighted by Gasteiger charge is 2.15. The highest BCUT2D eigenvalue weighted by molar-refractivity contribution is 7.89. The summed E-state index contributed by atoms with van der Waals surface area (Å²) in [7, 11) is -3.79. The van der Waals surface area contributed by atoms with Crippen LogP contribution in [0.3, 0.4) is 0 Å². The molecule has 3 N–H and O–H groups in total. The molecule has 8 nitrogen and oxygen atoms in total. The number of aryl methyl sites for hydroxylation is 1. The summed E-state index contributed by atoms with van der Waals surface area (Å²) < 4.78 is 26.7. The summed E-state index contributed by atoms with van der Waals surface area (Å²) in [5.41, 5.74) is 1.22. The lowest BCUT2D eigenvalue weighted by Crippen LogP contribution is -2.26. The monoisotopic (exact) mass is 352 g/mol. The quantitative estimate of drug-likeness (QED) is 0.413. The summed E-state index contributed by atoms with van der Waals surface area (Å²) in [6, 6.07) is 7.35. The number of nitro groups is 1. The number of sulfonamides is 1. The van der Waals surface area contributed by atoms with Gasteiger partial charge in [-0.2, -0.15) is 0 Å². The van der Waals surface area contributed by atoms with Crippen molar-refractivity contribution in [2.45, 2.75) is 18.2 Å². The maximum atomic E-state index is 12.1. The van der Waals surface area contributed by atoms with Crippen LogP contribution in [0.4, 0.5) is 5.69 Å². The second kappa shape index (κ2) is 6.85. The lowest BCUT2D eigenvalue weighted by atomic mass is 10.1. The Hall–Kier alpha value is -2.65. The van der Waals surface area contributed by atoms with Crippen molar-refractivity contribution in [1.82, 2.24) is 4.72 Å². The second-order valence-corrected chi connectivity index (χ2v) is 6.93. The molecule has 0 bridgehead atoms. The highest BCUT2D eigenvalue weighted by Crippen LogP contribution is 2.28. The van der Waals surface area contributed by atoms with Gasteiger partial charge in [-0.25, -0.2) is 13.1 Å². The number of nitro benzene ring substituents is 1. The van der Waals surface area contributed by atoms with Gasteiger partial charge in [0.1, 0.15) is 0 Å². The van der Waals surface area contributed by atoms with E-state index in [9.17, 15) is 28.7 Å². The number of phenolic OH excluding ortho intramolecular Hbond substituents is 2. The molecule has 0 spiro atoms. The standard InChI is InChI=1S/C15H16N2O6S/c1-10-8-14(18)15(19)9-11(10)6-7-16-24(22,23)13-4-2-12(3-5-13)17(20)21/h2-5,8-9,16,18-19H,6-7H2,1H3. The number of nitrogens with zero attached hydrogens (tertiary/aromatic N) is 1. The summed E-state index contributed by atoms with van der Waals surface area (Å²) >= 11 is 0. The predicted octanol–water partition coefficient (Wildman–Crippen LogP) is 1.84. The van der Waals surface area contributed by atoms with Crippen molar-refractivity contribution in [2.75, 3.05) is 6.54 Å². The van der Waals surface area contributed by atoms with Crippen molar-refractivity contribution >= 4 is 15.7 Å². The molecule has 0 atom stereocenters. The molecule has 0 unspecified atom stereocenters. The minimum Gasteiger partial charge on any atom is -0.504 e. The third-order valence-corrected chi connectivity index (χ3v) is 4.95. The molecule has 0 aliphatic heterocycles. The molecule has 128 valence electrons. The van der Waals surface area contributed by atoms with E-state index in [1.807, 2.05) is 0 Å². The first-order valence-corrected chi connectivity index (χ1v) is 8.44. The van der Waals surface area contributed by atoms with E-state index < -0.39 is 14.9 Å². The van der Waals surface area contributed by atoms with Crippen molar-refractivity contribution in [3.05, 3.63) is 57.6 Å². The SMILES string of the molecule is Cc1cc(O)c(O)cc1CCNS(=O)(=O)c1ccc([N+](=O)[O-])cc1. The van der Waals surface area contributed by atoms with Gasteiger partial charge in [0, 0.05) is 18.7 Å². The maximum Gasteiger partial charge on any atom is 0.269 e. The molecule has 0 fully saturated rings. The summed E-state index contributed by atoms with van der Waals surface area (Å²) in [4.78, 5) is 9.90. The number of nitrogens with one attached hydrogen (secondary N) is 1. The van der Waals surface area contributed by atoms with E-state index in [1.54, 1.807) is 6.92 Å². The van der Waals surface area contributed by atoms with E-state index in [1.165, 1.54) is 12.1 Å². The molecular weight excluding hydrogens is 336 g/mol. The third-order valence-electron chi connectivity index (χ3n) is 3.48. The minimum absolute atomic E-state index is 0.0709. The molecule has 9 heteroatoms. The van der Waals surface area contributed by atoms with Crippen LogP contribution in [0.1, 0.15) is 11.1 Å². The molecule has 2 rings (SSSR count). The first-order valence-electron chi connectivity index (χ1n) is 6.96. The van der Waals surface area contributed by atoms with Crippen molar-refractivity contribution in [1.29, 1.82) is 0 Å². The molecular formula is C15H16N2O6S. The van der Waals surface area contributed by atoms with Gasteiger partial charge >= 0.3 is 0 Å². The largest absolute Gasteiger partial charge is 0.504 e. The van der Waals surface area contributed by atoms with Crippen molar-refractivity contribution < 1.29 is 23.6 Å². The van der Waals surface area contributed by atoms with Crippen molar-refractivity contribution in [2.24, 2.45) is 0 Å². The van der Waals surface area contributed by atoms with Crippen LogP contribution in [0.2, 0.25) is 0 Å². The zero-order chi connectivity index (χ0) is 17.9. The molecule has 0 radical (unpaired) electrons. The Labute approximate surface area is 138 Å². The van der Waals surface area contributed by atoms with Gasteiger partial charge in [0.25, 0.3) is 5.69 Å². The van der Waals surface area contributed by atoms with Crippen LogP contribution >= 0.6 is 0 Å². The summed E-state index contributed by atoms with van der Waals surface area (Å²) in [5, 5.41) is 29.4. The Morgan fingerprint density at radius 1 is 1.12 bits per heavy atom. The molecule has 0 aliphatic rings. The number of aromatic hydroxyl groups is 2. The van der Waals surface area contributed by atoms with Gasteiger partial charge in [-0.15, -0.1) is 0 Å². The number of phenols is 2. The second-order valence-electron chi connectivity index (χ2n) is 5.17. The van der Waals surface area contributed by atoms with Crippen LogP contribution in [-0.4, -0.2) is 30.1 Å². The molecule has 0 aliphatic carbocycles. The number of rotatable bonds is 6. The van der Waals surface area contributed by atoms with E-state index in [-0.39, 0.29) is 28.6 Å². The van der Waals surface area contributed by atoms with Gasteiger partial charge in [-0.3, -0.25) is 10.1 Å². The number of hydrogen-bond donors (Lipinski definition) is 3. The van der Waals surface area contributed by atoms with Crippen LogP contribution in [0.25, 0.3) is 0 Å². The summed E-state index contributed by atoms with van der Waals surface area (Å²) in [6.07, 6.45) is 0.311. The minimum atomic E-state index is -3.79. The lowest BCUT2D eigenvalue weighted by Gasteiger charge is -2.10. The highest BCUT2D eigenvalue weighted by atomic mass is 32.2. The van der Waals surface area contributed by atoms with E-state index in [4.69, 9.17) is 0 Å². The molecule has 0 heterocycles. The molecule has 0 aromatic heterocycles. The van der Waals surface area contributed by atoms with Crippen LogP contribution in [0, 0.1) is 17.0 Å². The fraction of sp³-hybridized carbons (Fsp3) is 0.200. The van der Waals surface area contributed by atoms with E-state index in [0.717, 1.165) is 29.8 Å². The first kappa shape index (κ1) is 17.7. The predicted molar refractivity (Wildman–Crippen MR) is 86.5 cm³/mol. The molecule has 0 saturated carbocycles. The molecule has 24 heavy (non-hydrogen) atoms. The van der Waals surface area contributed by atoms with Crippen LogP contribution in [0.5, 0.6) is 11.5 Å². The Morgan fingerprint density at radius 2 is 1.71 bits per heavy atom. The average molecular weight is 352 g/mol. The van der Waals surface area contributed by atoms with E-state index >= 15 is 0 Å². The smallest absolute Gasteiger partial charge is 0.269 e. The Bertz CT molecular complexity index is 862. The summed E-state index contributed by atoms with van der Waals surface area (Å²) in [5.74, 6) is -0.503. The fourth-order valence-electron chi connectivity index (χ4n) is 2.14. The number of hydrogen-bond acceptors (Lipinski definition) is 6. The van der Waals surface area contributed by atoms with Gasteiger partial charge in [-0.05, 0) is 48.7 Å². The zero-order valence-corrected chi connectivity index (χ0v) is 13.6. The fourth-order valence-corrected chi connectivity index (χ4v) is 3.18. The van der Waals surface area contributed by atoms with Gasteiger partial charge in [0.15, 0.2) is 11.5 Å². The number of non-ortho nitro benzene ring substituents is 1. The Morgan fingerprint density at radius 3 is 2.29 bits per heavy atom. The normalized spacial score (nSPS) is 11.4. The lowest BCUT2D eigenvalue weighted by molar-refractivity contribution is -0.384. The zero-order valence-electron chi connectivity index (χ0n) is 12.8. The number of benzene rings is 2. The van der Waals surface area contributed by atoms with Gasteiger partial charge in [0.2, 0.25) is 10.0 Å². The molecule has 0 amide bonds. The van der Waals surface area contributed by atoms with Crippen LogP contribution < -0.4 is 4.72 Å². The summed E-state index contributed by atoms with van der Waals surface area (Å²) in [6.45, 7) is 1.81. The van der Waals surface area contributed by atoms with Gasteiger partial charge in [-0.1, -0.05) is 0 Å². The molecule has 2 aromatic rings. The average Bonchev–Trinajstić information content (AvgIpc) is 2.52. The van der Waals surface area contributed by atoms with Gasteiger partial charge < -0.3 is 10.2 Å².